The number of carboxylic acids is 2. The number of ether oxygens (including phenoxy) is 1. The van der Waals surface area contributed by atoms with Gasteiger partial charge in [0.2, 0.25) is 0 Å². The fourth-order valence-corrected chi connectivity index (χ4v) is 2.71. The maximum atomic E-state index is 9.10. The minimum atomic E-state index is -1.82. The lowest BCUT2D eigenvalue weighted by molar-refractivity contribution is -0.159. The molecule has 1 aliphatic heterocycles. The predicted molar refractivity (Wildman–Crippen MR) is 91.4 cm³/mol. The molecule has 1 heterocycles. The summed E-state index contributed by atoms with van der Waals surface area (Å²) in [4.78, 5) is 20.4. The van der Waals surface area contributed by atoms with E-state index in [-0.39, 0.29) is 5.60 Å². The molecule has 0 atom stereocenters. The first-order valence-electron chi connectivity index (χ1n) is 7.57. The third-order valence-electron chi connectivity index (χ3n) is 3.90. The molecule has 1 aliphatic rings. The average Bonchev–Trinajstić information content (AvgIpc) is 2.77. The molecule has 0 saturated carbocycles. The van der Waals surface area contributed by atoms with Crippen molar-refractivity contribution in [1.82, 2.24) is 4.90 Å². The number of carboxylic acid groups (broad SMARTS) is 2. The lowest BCUT2D eigenvalue weighted by Crippen LogP contribution is -2.25. The second-order valence-corrected chi connectivity index (χ2v) is 6.84. The van der Waals surface area contributed by atoms with Crippen LogP contribution >= 0.6 is 0 Å². The van der Waals surface area contributed by atoms with Crippen molar-refractivity contribution >= 4 is 17.6 Å². The van der Waals surface area contributed by atoms with E-state index in [9.17, 15) is 0 Å². The summed E-state index contributed by atoms with van der Waals surface area (Å²) in [7, 11) is 4.14. The van der Waals surface area contributed by atoms with Gasteiger partial charge >= 0.3 is 11.9 Å². The van der Waals surface area contributed by atoms with Crippen molar-refractivity contribution in [2.45, 2.75) is 46.3 Å². The van der Waals surface area contributed by atoms with Crippen LogP contribution in [0.2, 0.25) is 0 Å². The molecule has 0 spiro atoms. The standard InChI is InChI=1S/C15H24N2O.C2H2O4/c1-9-11-7-15(3,4)18-14(11)12(8-17(5)6)10(2)13(9)16;3-1(4)2(5)6/h7-8,16H2,1-6H3;(H,3,4)(H,5,6). The Morgan fingerprint density at radius 1 is 1.17 bits per heavy atom. The first-order chi connectivity index (χ1) is 10.9. The molecule has 1 aromatic carbocycles. The fraction of sp³-hybridized carbons (Fsp3) is 0.529. The molecule has 7 heteroatoms. The molecule has 0 bridgehead atoms. The molecule has 7 nitrogen and oxygen atoms in total. The number of hydrogen-bond donors (Lipinski definition) is 3. The summed E-state index contributed by atoms with van der Waals surface area (Å²) in [5.41, 5.74) is 11.9. The average molecular weight is 338 g/mol. The van der Waals surface area contributed by atoms with Crippen LogP contribution in [-0.2, 0) is 22.6 Å². The van der Waals surface area contributed by atoms with Gasteiger partial charge in [0.1, 0.15) is 11.4 Å². The topological polar surface area (TPSA) is 113 Å². The third-order valence-corrected chi connectivity index (χ3v) is 3.90. The number of benzene rings is 1. The van der Waals surface area contributed by atoms with Gasteiger partial charge in [-0.2, -0.15) is 0 Å². The molecule has 24 heavy (non-hydrogen) atoms. The van der Waals surface area contributed by atoms with Crippen LogP contribution in [0.25, 0.3) is 0 Å². The van der Waals surface area contributed by atoms with Crippen LogP contribution in [0.5, 0.6) is 5.75 Å². The Hall–Kier alpha value is -2.28. The van der Waals surface area contributed by atoms with Gasteiger partial charge in [0.25, 0.3) is 0 Å². The van der Waals surface area contributed by atoms with E-state index in [0.29, 0.717) is 0 Å². The van der Waals surface area contributed by atoms with Gasteiger partial charge in [-0.3, -0.25) is 0 Å². The maximum Gasteiger partial charge on any atom is 0.414 e. The maximum absolute atomic E-state index is 9.10. The number of fused-ring (bicyclic) bond motifs is 1. The lowest BCUT2D eigenvalue weighted by Gasteiger charge is -2.21. The minimum absolute atomic E-state index is 0.117. The Morgan fingerprint density at radius 3 is 2.08 bits per heavy atom. The molecule has 1 aromatic rings. The number of carbonyl (C=O) groups is 2. The van der Waals surface area contributed by atoms with Gasteiger partial charge in [-0.05, 0) is 52.9 Å². The second-order valence-electron chi connectivity index (χ2n) is 6.84. The van der Waals surface area contributed by atoms with Crippen LogP contribution in [0.1, 0.15) is 36.1 Å². The molecular weight excluding hydrogens is 312 g/mol. The number of nitrogens with two attached hydrogens (primary N) is 1. The highest BCUT2D eigenvalue weighted by Gasteiger charge is 2.34. The number of hydrogen-bond acceptors (Lipinski definition) is 5. The number of aliphatic carboxylic acids is 2. The van der Waals surface area contributed by atoms with E-state index >= 15 is 0 Å². The van der Waals surface area contributed by atoms with E-state index < -0.39 is 11.9 Å². The van der Waals surface area contributed by atoms with E-state index in [2.05, 4.69) is 46.7 Å². The van der Waals surface area contributed by atoms with Crippen molar-refractivity contribution in [1.29, 1.82) is 0 Å². The molecule has 2 rings (SSSR count). The number of rotatable bonds is 2. The Morgan fingerprint density at radius 2 is 1.67 bits per heavy atom. The van der Waals surface area contributed by atoms with Gasteiger partial charge in [-0.1, -0.05) is 0 Å². The van der Waals surface area contributed by atoms with Crippen LogP contribution in [0.15, 0.2) is 0 Å². The number of nitrogens with zero attached hydrogens (tertiary/aromatic N) is 1. The van der Waals surface area contributed by atoms with E-state index in [1.165, 1.54) is 16.7 Å². The van der Waals surface area contributed by atoms with Crippen LogP contribution < -0.4 is 10.5 Å². The molecule has 134 valence electrons. The van der Waals surface area contributed by atoms with E-state index in [4.69, 9.17) is 30.3 Å². The second kappa shape index (κ2) is 7.09. The van der Waals surface area contributed by atoms with Crippen molar-refractivity contribution < 1.29 is 24.5 Å². The highest BCUT2D eigenvalue weighted by molar-refractivity contribution is 6.27. The lowest BCUT2D eigenvalue weighted by atomic mass is 9.92. The summed E-state index contributed by atoms with van der Waals surface area (Å²) in [6, 6.07) is 0. The molecule has 0 radical (unpaired) electrons. The van der Waals surface area contributed by atoms with Gasteiger partial charge in [-0.25, -0.2) is 9.59 Å². The monoisotopic (exact) mass is 338 g/mol. The molecule has 4 N–H and O–H groups in total. The van der Waals surface area contributed by atoms with Crippen molar-refractivity contribution in [2.24, 2.45) is 0 Å². The van der Waals surface area contributed by atoms with Crippen molar-refractivity contribution in [3.8, 4) is 5.75 Å². The van der Waals surface area contributed by atoms with Crippen molar-refractivity contribution in [2.75, 3.05) is 19.8 Å². The molecular formula is C17H26N2O5. The zero-order valence-electron chi connectivity index (χ0n) is 15.1. The molecule has 0 aromatic heterocycles. The largest absolute Gasteiger partial charge is 0.487 e. The van der Waals surface area contributed by atoms with Gasteiger partial charge in [0.15, 0.2) is 0 Å². The number of anilines is 1. The molecule has 0 saturated heterocycles. The predicted octanol–water partition coefficient (Wildman–Crippen LogP) is 1.82. The summed E-state index contributed by atoms with van der Waals surface area (Å²) >= 11 is 0. The summed E-state index contributed by atoms with van der Waals surface area (Å²) < 4.78 is 6.16. The first kappa shape index (κ1) is 19.8. The van der Waals surface area contributed by atoms with Gasteiger partial charge in [-0.15, -0.1) is 0 Å². The Kier molecular flexibility index (Phi) is 5.84. The highest BCUT2D eigenvalue weighted by atomic mass is 16.5. The minimum Gasteiger partial charge on any atom is -0.487 e. The van der Waals surface area contributed by atoms with Gasteiger partial charge < -0.3 is 25.6 Å². The summed E-state index contributed by atoms with van der Waals surface area (Å²) in [5.74, 6) is -2.58. The van der Waals surface area contributed by atoms with Crippen LogP contribution in [0.4, 0.5) is 5.69 Å². The van der Waals surface area contributed by atoms with Crippen molar-refractivity contribution in [3.05, 3.63) is 22.3 Å². The quantitative estimate of drug-likeness (QED) is 0.557. The number of nitrogen functional groups attached to an aromatic ring is 1. The molecule has 0 aliphatic carbocycles. The third kappa shape index (κ3) is 4.38. The smallest absolute Gasteiger partial charge is 0.414 e. The SMILES string of the molecule is Cc1c(N)c(C)c2c(c1CN(C)C)OC(C)(C)C2.O=C(O)C(=O)O. The van der Waals surface area contributed by atoms with E-state index in [1.54, 1.807) is 0 Å². The molecule has 0 amide bonds. The van der Waals surface area contributed by atoms with Crippen LogP contribution in [0.3, 0.4) is 0 Å². The zero-order valence-corrected chi connectivity index (χ0v) is 15.1. The molecule has 0 unspecified atom stereocenters. The Labute approximate surface area is 142 Å². The van der Waals surface area contributed by atoms with Crippen molar-refractivity contribution in [3.63, 3.8) is 0 Å². The van der Waals surface area contributed by atoms with Gasteiger partial charge in [0, 0.05) is 29.8 Å². The van der Waals surface area contributed by atoms with Crippen LogP contribution in [-0.4, -0.2) is 46.7 Å². The summed E-state index contributed by atoms with van der Waals surface area (Å²) in [6.45, 7) is 9.34. The van der Waals surface area contributed by atoms with Crippen LogP contribution in [0, 0.1) is 13.8 Å². The normalized spacial score (nSPS) is 14.5. The Balaban J connectivity index is 0.000000413. The Bertz CT molecular complexity index is 654. The van der Waals surface area contributed by atoms with E-state index in [0.717, 1.165) is 30.0 Å². The fourth-order valence-electron chi connectivity index (χ4n) is 2.71. The first-order valence-corrected chi connectivity index (χ1v) is 7.57. The summed E-state index contributed by atoms with van der Waals surface area (Å²) in [6.07, 6.45) is 0.944. The van der Waals surface area contributed by atoms with Gasteiger partial charge in [0.05, 0.1) is 0 Å². The molecule has 0 fully saturated rings. The highest BCUT2D eigenvalue weighted by Crippen LogP contribution is 2.44. The van der Waals surface area contributed by atoms with E-state index in [1.807, 2.05) is 0 Å². The zero-order chi connectivity index (χ0) is 18.8. The summed E-state index contributed by atoms with van der Waals surface area (Å²) in [5, 5.41) is 14.8.